The number of hydrogen-bond donors (Lipinski definition) is 0. The van der Waals surface area contributed by atoms with E-state index in [1.54, 1.807) is 0 Å². The molecule has 0 fully saturated rings. The molecule has 0 heterocycles. The Kier molecular flexibility index (Phi) is 4.31. The van der Waals surface area contributed by atoms with Crippen molar-refractivity contribution in [2.45, 2.75) is 47.5 Å². The van der Waals surface area contributed by atoms with Gasteiger partial charge in [0.15, 0.2) is 0 Å². The molecule has 0 saturated heterocycles. The minimum absolute atomic E-state index is 0.121. The Balaban J connectivity index is 4.09. The Bertz CT molecular complexity index is 164. The van der Waals surface area contributed by atoms with E-state index in [4.69, 9.17) is 5.26 Å². The summed E-state index contributed by atoms with van der Waals surface area (Å²) in [6, 6.07) is 2.43. The first kappa shape index (κ1) is 11.5. The van der Waals surface area contributed by atoms with Crippen LogP contribution < -0.4 is 0 Å². The molecule has 0 bridgehead atoms. The standard InChI is InChI=1S/C11H21N/c1-9(2)6-7-11(5,8-12)10(3)4/h9-10H,6-7H2,1-5H3. The van der Waals surface area contributed by atoms with Gasteiger partial charge in [-0.3, -0.25) is 0 Å². The summed E-state index contributed by atoms with van der Waals surface area (Å²) in [5, 5.41) is 9.02. The maximum Gasteiger partial charge on any atom is 0.0689 e. The van der Waals surface area contributed by atoms with Gasteiger partial charge in [0.2, 0.25) is 0 Å². The molecule has 0 aromatic rings. The van der Waals surface area contributed by atoms with Gasteiger partial charge in [0.05, 0.1) is 11.5 Å². The zero-order valence-corrected chi connectivity index (χ0v) is 9.02. The summed E-state index contributed by atoms with van der Waals surface area (Å²) in [5.74, 6) is 1.16. The highest BCUT2D eigenvalue weighted by Gasteiger charge is 2.27. The van der Waals surface area contributed by atoms with Gasteiger partial charge in [-0.05, 0) is 31.6 Å². The molecule has 0 aliphatic heterocycles. The van der Waals surface area contributed by atoms with Crippen LogP contribution in [0.3, 0.4) is 0 Å². The molecule has 1 heteroatoms. The number of nitrogens with zero attached hydrogens (tertiary/aromatic N) is 1. The van der Waals surface area contributed by atoms with Crippen molar-refractivity contribution in [2.75, 3.05) is 0 Å². The van der Waals surface area contributed by atoms with Crippen molar-refractivity contribution < 1.29 is 0 Å². The fourth-order valence-electron chi connectivity index (χ4n) is 1.06. The predicted octanol–water partition coefficient (Wildman–Crippen LogP) is 3.61. The van der Waals surface area contributed by atoms with Crippen molar-refractivity contribution in [1.82, 2.24) is 0 Å². The SMILES string of the molecule is CC(C)CCC(C)(C#N)C(C)C. The molecule has 1 atom stereocenters. The molecular weight excluding hydrogens is 146 g/mol. The summed E-state index contributed by atoms with van der Waals surface area (Å²) >= 11 is 0. The van der Waals surface area contributed by atoms with Crippen LogP contribution in [0.15, 0.2) is 0 Å². The molecule has 0 aromatic heterocycles. The molecule has 0 N–H and O–H groups in total. The lowest BCUT2D eigenvalue weighted by atomic mass is 9.76. The third kappa shape index (κ3) is 3.26. The topological polar surface area (TPSA) is 23.8 Å². The summed E-state index contributed by atoms with van der Waals surface area (Å²) in [6.07, 6.45) is 2.18. The monoisotopic (exact) mass is 167 g/mol. The van der Waals surface area contributed by atoms with E-state index in [2.05, 4.69) is 40.7 Å². The predicted molar refractivity (Wildman–Crippen MR) is 52.6 cm³/mol. The lowest BCUT2D eigenvalue weighted by Crippen LogP contribution is -2.21. The molecular formula is C11H21N. The van der Waals surface area contributed by atoms with Crippen LogP contribution in [-0.4, -0.2) is 0 Å². The molecule has 1 unspecified atom stereocenters. The Morgan fingerprint density at radius 1 is 1.25 bits per heavy atom. The van der Waals surface area contributed by atoms with Crippen LogP contribution in [0.1, 0.15) is 47.5 Å². The second-order valence-electron chi connectivity index (χ2n) is 4.62. The van der Waals surface area contributed by atoms with Crippen LogP contribution in [0.25, 0.3) is 0 Å². The van der Waals surface area contributed by atoms with Gasteiger partial charge in [0.25, 0.3) is 0 Å². The minimum Gasteiger partial charge on any atom is -0.198 e. The van der Waals surface area contributed by atoms with Crippen LogP contribution in [0.2, 0.25) is 0 Å². The Morgan fingerprint density at radius 3 is 2.00 bits per heavy atom. The fourth-order valence-corrected chi connectivity index (χ4v) is 1.06. The largest absolute Gasteiger partial charge is 0.198 e. The van der Waals surface area contributed by atoms with Crippen molar-refractivity contribution in [3.63, 3.8) is 0 Å². The highest BCUT2D eigenvalue weighted by atomic mass is 14.4. The molecule has 0 saturated carbocycles. The summed E-state index contributed by atoms with van der Waals surface area (Å²) in [6.45, 7) is 10.7. The molecule has 0 spiro atoms. The van der Waals surface area contributed by atoms with Gasteiger partial charge in [-0.15, -0.1) is 0 Å². The number of hydrogen-bond acceptors (Lipinski definition) is 1. The summed E-state index contributed by atoms with van der Waals surface area (Å²) in [5.41, 5.74) is -0.121. The molecule has 70 valence electrons. The van der Waals surface area contributed by atoms with Gasteiger partial charge in [0.1, 0.15) is 0 Å². The van der Waals surface area contributed by atoms with E-state index < -0.39 is 0 Å². The molecule has 0 amide bonds. The summed E-state index contributed by atoms with van der Waals surface area (Å²) in [7, 11) is 0. The Labute approximate surface area is 76.8 Å². The molecule has 12 heavy (non-hydrogen) atoms. The van der Waals surface area contributed by atoms with Crippen LogP contribution in [0.4, 0.5) is 0 Å². The van der Waals surface area contributed by atoms with E-state index in [9.17, 15) is 0 Å². The van der Waals surface area contributed by atoms with Crippen molar-refractivity contribution in [3.05, 3.63) is 0 Å². The van der Waals surface area contributed by atoms with Crippen LogP contribution >= 0.6 is 0 Å². The normalized spacial score (nSPS) is 16.2. The van der Waals surface area contributed by atoms with Gasteiger partial charge in [-0.25, -0.2) is 0 Å². The van der Waals surface area contributed by atoms with Crippen molar-refractivity contribution in [2.24, 2.45) is 17.3 Å². The molecule has 0 aliphatic rings. The van der Waals surface area contributed by atoms with Crippen molar-refractivity contribution >= 4 is 0 Å². The van der Waals surface area contributed by atoms with Crippen LogP contribution in [-0.2, 0) is 0 Å². The molecule has 0 rings (SSSR count). The average molecular weight is 167 g/mol. The van der Waals surface area contributed by atoms with E-state index in [1.165, 1.54) is 0 Å². The maximum atomic E-state index is 9.02. The lowest BCUT2D eigenvalue weighted by molar-refractivity contribution is 0.265. The second-order valence-corrected chi connectivity index (χ2v) is 4.62. The zero-order chi connectivity index (χ0) is 9.78. The zero-order valence-electron chi connectivity index (χ0n) is 9.02. The second kappa shape index (κ2) is 4.50. The van der Waals surface area contributed by atoms with Gasteiger partial charge < -0.3 is 0 Å². The van der Waals surface area contributed by atoms with Crippen molar-refractivity contribution in [3.8, 4) is 6.07 Å². The third-order valence-electron chi connectivity index (χ3n) is 2.77. The van der Waals surface area contributed by atoms with Gasteiger partial charge >= 0.3 is 0 Å². The quantitative estimate of drug-likeness (QED) is 0.627. The summed E-state index contributed by atoms with van der Waals surface area (Å²) < 4.78 is 0. The maximum absolute atomic E-state index is 9.02. The van der Waals surface area contributed by atoms with Crippen LogP contribution in [0.5, 0.6) is 0 Å². The van der Waals surface area contributed by atoms with Crippen molar-refractivity contribution in [1.29, 1.82) is 5.26 Å². The Hall–Kier alpha value is -0.510. The lowest BCUT2D eigenvalue weighted by Gasteiger charge is -2.26. The highest BCUT2D eigenvalue weighted by Crippen LogP contribution is 2.32. The first-order valence-corrected chi connectivity index (χ1v) is 4.83. The first-order valence-electron chi connectivity index (χ1n) is 4.83. The molecule has 0 aromatic carbocycles. The van der Waals surface area contributed by atoms with Crippen LogP contribution in [0, 0.1) is 28.6 Å². The highest BCUT2D eigenvalue weighted by molar-refractivity contribution is 4.97. The van der Waals surface area contributed by atoms with Gasteiger partial charge in [0, 0.05) is 0 Å². The number of nitriles is 1. The van der Waals surface area contributed by atoms with E-state index in [0.717, 1.165) is 12.8 Å². The minimum atomic E-state index is -0.121. The molecule has 0 aliphatic carbocycles. The van der Waals surface area contributed by atoms with E-state index >= 15 is 0 Å². The summed E-state index contributed by atoms with van der Waals surface area (Å²) in [4.78, 5) is 0. The molecule has 0 radical (unpaired) electrons. The molecule has 1 nitrogen and oxygen atoms in total. The van der Waals surface area contributed by atoms with Gasteiger partial charge in [-0.1, -0.05) is 27.7 Å². The number of rotatable bonds is 4. The van der Waals surface area contributed by atoms with Gasteiger partial charge in [-0.2, -0.15) is 5.26 Å². The fraction of sp³-hybridized carbons (Fsp3) is 0.909. The average Bonchev–Trinajstić information content (AvgIpc) is 1.99. The Morgan fingerprint density at radius 2 is 1.75 bits per heavy atom. The smallest absolute Gasteiger partial charge is 0.0689 e. The van der Waals surface area contributed by atoms with E-state index in [1.807, 2.05) is 0 Å². The first-order chi connectivity index (χ1) is 5.42. The third-order valence-corrected chi connectivity index (χ3v) is 2.77. The van der Waals surface area contributed by atoms with E-state index in [0.29, 0.717) is 11.8 Å². The van der Waals surface area contributed by atoms with E-state index in [-0.39, 0.29) is 5.41 Å².